The molecule has 2 heteroatoms. The van der Waals surface area contributed by atoms with Crippen molar-refractivity contribution in [2.75, 3.05) is 20.1 Å². The predicted molar refractivity (Wildman–Crippen MR) is 91.1 cm³/mol. The van der Waals surface area contributed by atoms with Crippen molar-refractivity contribution in [3.63, 3.8) is 0 Å². The molecule has 1 N–H and O–H groups in total. The number of nitrogens with zero attached hydrogens (tertiary/aromatic N) is 1. The first-order chi connectivity index (χ1) is 10.8. The van der Waals surface area contributed by atoms with E-state index in [0.29, 0.717) is 0 Å². The van der Waals surface area contributed by atoms with Crippen molar-refractivity contribution < 1.29 is 0 Å². The van der Waals surface area contributed by atoms with E-state index in [9.17, 15) is 0 Å². The summed E-state index contributed by atoms with van der Waals surface area (Å²) in [6, 6.07) is 14.1. The number of nitrogens with one attached hydrogen (secondary N) is 1. The normalized spacial score (nSPS) is 17.9. The summed E-state index contributed by atoms with van der Waals surface area (Å²) in [7, 11) is 2.21. The van der Waals surface area contributed by atoms with Crippen LogP contribution in [-0.2, 0) is 32.4 Å². The van der Waals surface area contributed by atoms with E-state index in [4.69, 9.17) is 0 Å². The molecule has 0 spiro atoms. The van der Waals surface area contributed by atoms with Crippen LogP contribution >= 0.6 is 0 Å². The van der Waals surface area contributed by atoms with Gasteiger partial charge in [0.1, 0.15) is 0 Å². The van der Waals surface area contributed by atoms with E-state index in [2.05, 4.69) is 53.7 Å². The van der Waals surface area contributed by atoms with Crippen LogP contribution in [0.4, 0.5) is 0 Å². The van der Waals surface area contributed by atoms with Crippen LogP contribution < -0.4 is 5.32 Å². The molecule has 0 unspecified atom stereocenters. The van der Waals surface area contributed by atoms with E-state index >= 15 is 0 Å². The molecule has 0 aromatic heterocycles. The van der Waals surface area contributed by atoms with Gasteiger partial charge in [0.15, 0.2) is 0 Å². The fraction of sp³-hybridized carbons (Fsp3) is 0.400. The van der Waals surface area contributed by atoms with Gasteiger partial charge in [0.25, 0.3) is 0 Å². The van der Waals surface area contributed by atoms with Crippen LogP contribution in [0.5, 0.6) is 0 Å². The minimum absolute atomic E-state index is 1.03. The van der Waals surface area contributed by atoms with Gasteiger partial charge in [-0.05, 0) is 66.2 Å². The Morgan fingerprint density at radius 1 is 0.909 bits per heavy atom. The molecule has 0 atom stereocenters. The van der Waals surface area contributed by atoms with Gasteiger partial charge in [0, 0.05) is 19.6 Å². The summed E-state index contributed by atoms with van der Waals surface area (Å²) < 4.78 is 0. The first-order valence-electron chi connectivity index (χ1n) is 8.38. The summed E-state index contributed by atoms with van der Waals surface area (Å²) in [5, 5.41) is 3.47. The Morgan fingerprint density at radius 3 is 2.45 bits per heavy atom. The van der Waals surface area contributed by atoms with Gasteiger partial charge in [-0.3, -0.25) is 0 Å². The summed E-state index contributed by atoms with van der Waals surface area (Å²) in [5.41, 5.74) is 8.95. The molecular formula is C20H24N2. The van der Waals surface area contributed by atoms with Crippen molar-refractivity contribution in [2.45, 2.75) is 32.4 Å². The minimum atomic E-state index is 1.03. The Bertz CT molecular complexity index is 690. The Morgan fingerprint density at radius 2 is 1.64 bits per heavy atom. The maximum Gasteiger partial charge on any atom is 0.0233 e. The molecule has 114 valence electrons. The number of hydrogen-bond donors (Lipinski definition) is 1. The predicted octanol–water partition coefficient (Wildman–Crippen LogP) is 2.91. The molecule has 0 saturated heterocycles. The Hall–Kier alpha value is -1.64. The molecule has 22 heavy (non-hydrogen) atoms. The van der Waals surface area contributed by atoms with Crippen LogP contribution in [0.1, 0.15) is 33.4 Å². The second kappa shape index (κ2) is 5.86. The van der Waals surface area contributed by atoms with Gasteiger partial charge < -0.3 is 10.2 Å². The molecule has 0 aliphatic carbocycles. The lowest BCUT2D eigenvalue weighted by Crippen LogP contribution is -2.26. The van der Waals surface area contributed by atoms with E-state index in [1.54, 1.807) is 0 Å². The van der Waals surface area contributed by atoms with E-state index in [1.165, 1.54) is 52.8 Å². The summed E-state index contributed by atoms with van der Waals surface area (Å²) in [4.78, 5) is 2.41. The molecule has 2 aliphatic rings. The topological polar surface area (TPSA) is 15.3 Å². The first kappa shape index (κ1) is 14.0. The van der Waals surface area contributed by atoms with Crippen molar-refractivity contribution in [3.05, 3.63) is 69.8 Å². The van der Waals surface area contributed by atoms with Crippen molar-refractivity contribution >= 4 is 0 Å². The van der Waals surface area contributed by atoms with E-state index in [1.807, 2.05) is 0 Å². The molecule has 0 radical (unpaired) electrons. The van der Waals surface area contributed by atoms with Gasteiger partial charge in [-0.15, -0.1) is 0 Å². The zero-order valence-corrected chi connectivity index (χ0v) is 13.4. The summed E-state index contributed by atoms with van der Waals surface area (Å²) in [6.07, 6.45) is 3.40. The summed E-state index contributed by atoms with van der Waals surface area (Å²) >= 11 is 0. The van der Waals surface area contributed by atoms with Crippen LogP contribution in [0.3, 0.4) is 0 Å². The minimum Gasteiger partial charge on any atom is -0.312 e. The fourth-order valence-electron chi connectivity index (χ4n) is 3.74. The van der Waals surface area contributed by atoms with E-state index in [-0.39, 0.29) is 0 Å². The molecule has 0 fully saturated rings. The van der Waals surface area contributed by atoms with Crippen LogP contribution in [0, 0.1) is 0 Å². The number of benzene rings is 2. The molecule has 2 nitrogen and oxygen atoms in total. The maximum absolute atomic E-state index is 3.47. The highest BCUT2D eigenvalue weighted by atomic mass is 15.1. The zero-order chi connectivity index (χ0) is 14.9. The fourth-order valence-corrected chi connectivity index (χ4v) is 3.74. The molecule has 0 saturated carbocycles. The molecule has 0 bridgehead atoms. The lowest BCUT2D eigenvalue weighted by Gasteiger charge is -2.25. The largest absolute Gasteiger partial charge is 0.312 e. The second-order valence-corrected chi connectivity index (χ2v) is 6.80. The van der Waals surface area contributed by atoms with Crippen molar-refractivity contribution in [3.8, 4) is 0 Å². The third kappa shape index (κ3) is 2.81. The van der Waals surface area contributed by atoms with E-state index in [0.717, 1.165) is 26.1 Å². The Kier molecular flexibility index (Phi) is 3.73. The monoisotopic (exact) mass is 292 g/mol. The molecule has 2 aromatic rings. The molecule has 4 rings (SSSR count). The lowest BCUT2D eigenvalue weighted by atomic mass is 9.93. The number of fused-ring (bicyclic) bond motifs is 2. The third-order valence-corrected chi connectivity index (χ3v) is 5.04. The highest BCUT2D eigenvalue weighted by molar-refractivity contribution is 5.39. The number of hydrogen-bond acceptors (Lipinski definition) is 2. The van der Waals surface area contributed by atoms with Gasteiger partial charge >= 0.3 is 0 Å². The van der Waals surface area contributed by atoms with Gasteiger partial charge in [-0.2, -0.15) is 0 Å². The Balaban J connectivity index is 1.57. The smallest absolute Gasteiger partial charge is 0.0233 e. The summed E-state index contributed by atoms with van der Waals surface area (Å²) in [5.74, 6) is 0. The molecule has 2 aliphatic heterocycles. The standard InChI is InChI=1S/C20H24N2/c1-22-9-7-18-5-3-16(12-20(18)14-22)10-15-2-4-17-6-8-21-13-19(17)11-15/h2-5,11-12,21H,6-10,13-14H2,1H3. The summed E-state index contributed by atoms with van der Waals surface area (Å²) in [6.45, 7) is 4.42. The molecular weight excluding hydrogens is 268 g/mol. The van der Waals surface area contributed by atoms with Gasteiger partial charge in [-0.1, -0.05) is 36.4 Å². The van der Waals surface area contributed by atoms with Gasteiger partial charge in [-0.25, -0.2) is 0 Å². The van der Waals surface area contributed by atoms with Crippen LogP contribution in [-0.4, -0.2) is 25.0 Å². The molecule has 2 aromatic carbocycles. The lowest BCUT2D eigenvalue weighted by molar-refractivity contribution is 0.313. The number of rotatable bonds is 2. The zero-order valence-electron chi connectivity index (χ0n) is 13.4. The first-order valence-corrected chi connectivity index (χ1v) is 8.38. The maximum atomic E-state index is 3.47. The average molecular weight is 292 g/mol. The van der Waals surface area contributed by atoms with Gasteiger partial charge in [0.05, 0.1) is 0 Å². The quantitative estimate of drug-likeness (QED) is 0.915. The van der Waals surface area contributed by atoms with Crippen LogP contribution in [0.2, 0.25) is 0 Å². The molecule has 2 heterocycles. The highest BCUT2D eigenvalue weighted by Gasteiger charge is 2.14. The van der Waals surface area contributed by atoms with E-state index < -0.39 is 0 Å². The van der Waals surface area contributed by atoms with Gasteiger partial charge in [0.2, 0.25) is 0 Å². The Labute approximate surface area is 133 Å². The van der Waals surface area contributed by atoms with Crippen molar-refractivity contribution in [1.29, 1.82) is 0 Å². The molecule has 0 amide bonds. The van der Waals surface area contributed by atoms with Crippen molar-refractivity contribution in [2.24, 2.45) is 0 Å². The number of likely N-dealkylation sites (N-methyl/N-ethyl adjacent to an activating group) is 1. The average Bonchev–Trinajstić information content (AvgIpc) is 2.54. The van der Waals surface area contributed by atoms with Crippen molar-refractivity contribution in [1.82, 2.24) is 10.2 Å². The highest BCUT2D eigenvalue weighted by Crippen LogP contribution is 2.22. The third-order valence-electron chi connectivity index (χ3n) is 5.04. The van der Waals surface area contributed by atoms with Crippen LogP contribution in [0.25, 0.3) is 0 Å². The van der Waals surface area contributed by atoms with Crippen LogP contribution in [0.15, 0.2) is 36.4 Å². The second-order valence-electron chi connectivity index (χ2n) is 6.80. The SMILES string of the molecule is CN1CCc2ccc(Cc3ccc4c(c3)CNCC4)cc2C1.